The van der Waals surface area contributed by atoms with Gasteiger partial charge in [-0.25, -0.2) is 9.98 Å². The number of imidazole rings is 1. The predicted molar refractivity (Wildman–Crippen MR) is 127 cm³/mol. The van der Waals surface area contributed by atoms with Crippen molar-refractivity contribution in [2.24, 2.45) is 12.0 Å². The number of aromatic hydroxyl groups is 1. The molecule has 1 amide bonds. The maximum Gasteiger partial charge on any atom is 0.291 e. The number of benzene rings is 2. The summed E-state index contributed by atoms with van der Waals surface area (Å²) in [6, 6.07) is 13.4. The summed E-state index contributed by atoms with van der Waals surface area (Å²) in [7, 11) is 1.74. The highest BCUT2D eigenvalue weighted by Crippen LogP contribution is 2.28. The van der Waals surface area contributed by atoms with Gasteiger partial charge in [0, 0.05) is 59.4 Å². The molecule has 0 radical (unpaired) electrons. The molecule has 4 N–H and O–H groups in total. The van der Waals surface area contributed by atoms with Crippen molar-refractivity contribution in [3.8, 4) is 5.88 Å². The Morgan fingerprint density at radius 2 is 1.88 bits per heavy atom. The number of ketones is 1. The van der Waals surface area contributed by atoms with E-state index >= 15 is 0 Å². The smallest absolute Gasteiger partial charge is 0.291 e. The number of rotatable bonds is 6. The van der Waals surface area contributed by atoms with Crippen molar-refractivity contribution in [3.05, 3.63) is 89.6 Å². The second-order valence-electron chi connectivity index (χ2n) is 7.57. The second kappa shape index (κ2) is 8.51. The maximum absolute atomic E-state index is 13.1. The Labute approximate surface area is 193 Å². The monoisotopic (exact) mass is 453 g/mol. The molecular weight excluding hydrogens is 434 g/mol. The lowest BCUT2D eigenvalue weighted by Gasteiger charge is -2.07. The molecule has 0 saturated heterocycles. The van der Waals surface area contributed by atoms with Gasteiger partial charge in [0.05, 0.1) is 11.8 Å². The van der Waals surface area contributed by atoms with E-state index in [4.69, 9.17) is 0 Å². The number of aliphatic imine (C=N–C) groups is 1. The Balaban J connectivity index is 1.38. The van der Waals surface area contributed by atoms with Crippen molar-refractivity contribution in [1.29, 1.82) is 0 Å². The van der Waals surface area contributed by atoms with Gasteiger partial charge >= 0.3 is 0 Å². The number of aromatic nitrogens is 5. The molecule has 0 aliphatic carbocycles. The lowest BCUT2D eigenvalue weighted by molar-refractivity contribution is 0.101. The van der Waals surface area contributed by atoms with E-state index in [0.717, 1.165) is 0 Å². The van der Waals surface area contributed by atoms with E-state index in [1.807, 2.05) is 0 Å². The number of H-pyrrole nitrogens is 2. The summed E-state index contributed by atoms with van der Waals surface area (Å²) in [6.07, 6.45) is 6.32. The number of nitrogens with one attached hydrogen (secondary N) is 3. The largest absolute Gasteiger partial charge is 0.494 e. The van der Waals surface area contributed by atoms with E-state index in [1.54, 1.807) is 78.7 Å². The van der Waals surface area contributed by atoms with E-state index in [-0.39, 0.29) is 23.4 Å². The Morgan fingerprint density at radius 3 is 2.59 bits per heavy atom. The molecule has 10 nitrogen and oxygen atoms in total. The third-order valence-electron chi connectivity index (χ3n) is 5.33. The predicted octanol–water partition coefficient (Wildman–Crippen LogP) is 3.56. The van der Waals surface area contributed by atoms with Crippen LogP contribution in [0, 0.1) is 0 Å². The number of aromatic amines is 2. The van der Waals surface area contributed by atoms with Crippen molar-refractivity contribution < 1.29 is 14.7 Å². The van der Waals surface area contributed by atoms with Gasteiger partial charge in [0.2, 0.25) is 0 Å². The summed E-state index contributed by atoms with van der Waals surface area (Å²) in [5.41, 5.74) is 2.60. The second-order valence-corrected chi connectivity index (χ2v) is 7.57. The minimum absolute atomic E-state index is 0.0457. The molecule has 0 spiro atoms. The average molecular weight is 453 g/mol. The Morgan fingerprint density at radius 1 is 1.09 bits per heavy atom. The van der Waals surface area contributed by atoms with E-state index in [2.05, 4.69) is 30.5 Å². The first-order valence-corrected chi connectivity index (χ1v) is 10.3. The number of hydrogen-bond donors (Lipinski definition) is 4. The molecule has 0 fully saturated rings. The van der Waals surface area contributed by atoms with Crippen LogP contribution >= 0.6 is 0 Å². The fourth-order valence-electron chi connectivity index (χ4n) is 3.57. The van der Waals surface area contributed by atoms with Crippen molar-refractivity contribution in [2.75, 3.05) is 5.32 Å². The summed E-state index contributed by atoms with van der Waals surface area (Å²) in [5, 5.41) is 20.3. The highest BCUT2D eigenvalue weighted by Gasteiger charge is 2.15. The molecule has 34 heavy (non-hydrogen) atoms. The molecule has 0 unspecified atom stereocenters. The van der Waals surface area contributed by atoms with Crippen LogP contribution in [-0.4, -0.2) is 47.7 Å². The fraction of sp³-hybridized carbons (Fsp3) is 0.0417. The van der Waals surface area contributed by atoms with E-state index in [0.29, 0.717) is 39.1 Å². The minimum atomic E-state index is -0.339. The van der Waals surface area contributed by atoms with Gasteiger partial charge in [-0.1, -0.05) is 0 Å². The van der Waals surface area contributed by atoms with Crippen molar-refractivity contribution in [3.63, 3.8) is 0 Å². The first-order chi connectivity index (χ1) is 16.5. The molecule has 5 rings (SSSR count). The van der Waals surface area contributed by atoms with Gasteiger partial charge in [-0.2, -0.15) is 5.10 Å². The third-order valence-corrected chi connectivity index (χ3v) is 5.33. The summed E-state index contributed by atoms with van der Waals surface area (Å²) in [6.45, 7) is 0. The third kappa shape index (κ3) is 3.95. The molecule has 10 heteroatoms. The molecular formula is C24H19N7O3. The van der Waals surface area contributed by atoms with Crippen LogP contribution in [0.5, 0.6) is 5.88 Å². The highest BCUT2D eigenvalue weighted by atomic mass is 16.3. The Bertz CT molecular complexity index is 1530. The zero-order chi connectivity index (χ0) is 23.7. The van der Waals surface area contributed by atoms with Crippen molar-refractivity contribution in [2.45, 2.75) is 0 Å². The normalized spacial score (nSPS) is 11.3. The van der Waals surface area contributed by atoms with Gasteiger partial charge in [-0.15, -0.1) is 0 Å². The molecule has 3 aromatic heterocycles. The van der Waals surface area contributed by atoms with Crippen LogP contribution in [0.25, 0.3) is 10.9 Å². The van der Waals surface area contributed by atoms with Crippen LogP contribution in [0.3, 0.4) is 0 Å². The number of aryl methyl sites for hydroxylation is 1. The maximum atomic E-state index is 13.1. The molecule has 0 saturated carbocycles. The fourth-order valence-corrected chi connectivity index (χ4v) is 3.57. The van der Waals surface area contributed by atoms with Gasteiger partial charge in [-0.3, -0.25) is 14.7 Å². The summed E-state index contributed by atoms with van der Waals surface area (Å²) in [4.78, 5) is 36.6. The first-order valence-electron chi connectivity index (χ1n) is 10.3. The van der Waals surface area contributed by atoms with Crippen LogP contribution in [-0.2, 0) is 7.05 Å². The van der Waals surface area contributed by atoms with Crippen molar-refractivity contribution >= 4 is 40.3 Å². The van der Waals surface area contributed by atoms with E-state index in [9.17, 15) is 14.7 Å². The molecule has 0 bridgehead atoms. The van der Waals surface area contributed by atoms with Crippen LogP contribution in [0.2, 0.25) is 0 Å². The molecule has 5 aromatic rings. The first kappa shape index (κ1) is 20.9. The van der Waals surface area contributed by atoms with Crippen LogP contribution in [0.15, 0.2) is 72.1 Å². The quantitative estimate of drug-likeness (QED) is 0.230. The van der Waals surface area contributed by atoms with Gasteiger partial charge in [0.1, 0.15) is 5.82 Å². The van der Waals surface area contributed by atoms with Crippen LogP contribution < -0.4 is 5.32 Å². The molecule has 0 atom stereocenters. The summed E-state index contributed by atoms with van der Waals surface area (Å²) >= 11 is 0. The molecule has 0 aliphatic rings. The lowest BCUT2D eigenvalue weighted by atomic mass is 10.0. The standard InChI is InChI=1S/C24H19N7O3/c1-31-11-10-25-22(31)24(34)28-16-5-2-14(3-6-16)21(32)15-4-7-19-17(12-15)18(23(33)29-19)13-26-20-8-9-27-30-20/h2-13,29,33H,1H3,(H,27,30)(H,28,34)/b26-13+. The van der Waals surface area contributed by atoms with E-state index < -0.39 is 0 Å². The number of fused-ring (bicyclic) bond motifs is 1. The van der Waals surface area contributed by atoms with Crippen LogP contribution in [0.4, 0.5) is 11.5 Å². The molecule has 2 aromatic carbocycles. The minimum Gasteiger partial charge on any atom is -0.494 e. The highest BCUT2D eigenvalue weighted by molar-refractivity contribution is 6.12. The Hall–Kier alpha value is -4.99. The van der Waals surface area contributed by atoms with Crippen LogP contribution in [0.1, 0.15) is 32.1 Å². The number of carbonyl (C=O) groups excluding carboxylic acids is 2. The SMILES string of the molecule is Cn1ccnc1C(=O)Nc1ccc(C(=O)c2ccc3[nH]c(O)c(/C=N/c4ccn[nH]4)c3c2)cc1. The Kier molecular flexibility index (Phi) is 5.23. The molecule has 3 heterocycles. The number of hydrogen-bond acceptors (Lipinski definition) is 6. The number of anilines is 1. The average Bonchev–Trinajstić information content (AvgIpc) is 3.57. The zero-order valence-electron chi connectivity index (χ0n) is 18.0. The van der Waals surface area contributed by atoms with Gasteiger partial charge in [0.25, 0.3) is 5.91 Å². The number of carbonyl (C=O) groups is 2. The number of nitrogens with zero attached hydrogens (tertiary/aromatic N) is 4. The zero-order valence-corrected chi connectivity index (χ0v) is 18.0. The van der Waals surface area contributed by atoms with Gasteiger partial charge in [-0.05, 0) is 42.5 Å². The molecule has 168 valence electrons. The number of amides is 1. The summed E-state index contributed by atoms with van der Waals surface area (Å²) < 4.78 is 1.62. The van der Waals surface area contributed by atoms with Gasteiger partial charge < -0.3 is 20.0 Å². The van der Waals surface area contributed by atoms with E-state index in [1.165, 1.54) is 6.21 Å². The van der Waals surface area contributed by atoms with Gasteiger partial charge in [0.15, 0.2) is 17.5 Å². The molecule has 0 aliphatic heterocycles. The topological polar surface area (TPSA) is 141 Å². The lowest BCUT2D eigenvalue weighted by Crippen LogP contribution is -2.16. The van der Waals surface area contributed by atoms with Crippen molar-refractivity contribution in [1.82, 2.24) is 24.7 Å². The summed E-state index contributed by atoms with van der Waals surface area (Å²) in [5.74, 6) is 0.247.